The third-order valence-corrected chi connectivity index (χ3v) is 2.37. The number of nitrogens with zero attached hydrogens (tertiary/aromatic N) is 2. The van der Waals surface area contributed by atoms with Gasteiger partial charge in [0.25, 0.3) is 0 Å². The highest BCUT2D eigenvalue weighted by molar-refractivity contribution is 9.10. The summed E-state index contributed by atoms with van der Waals surface area (Å²) in [5.41, 5.74) is 0. The van der Waals surface area contributed by atoms with E-state index >= 15 is 0 Å². The maximum Gasteiger partial charge on any atom is 0.120 e. The van der Waals surface area contributed by atoms with E-state index < -0.39 is 0 Å². The summed E-state index contributed by atoms with van der Waals surface area (Å²) in [5.74, 6) is 0.842. The van der Waals surface area contributed by atoms with Crippen molar-refractivity contribution in [2.24, 2.45) is 0 Å². The summed E-state index contributed by atoms with van der Waals surface area (Å²) in [6.07, 6.45) is 0. The van der Waals surface area contributed by atoms with Crippen LogP contribution in [0.5, 0.6) is 5.75 Å². The van der Waals surface area contributed by atoms with Gasteiger partial charge in [-0.3, -0.25) is 4.90 Å². The lowest BCUT2D eigenvalue weighted by atomic mass is 10.3. The highest BCUT2D eigenvalue weighted by atomic mass is 79.9. The van der Waals surface area contributed by atoms with Gasteiger partial charge in [0, 0.05) is 11.0 Å². The van der Waals surface area contributed by atoms with E-state index in [0.29, 0.717) is 13.2 Å². The Labute approximate surface area is 98.4 Å². The van der Waals surface area contributed by atoms with Crippen LogP contribution in [0.1, 0.15) is 0 Å². The number of halogens is 1. The van der Waals surface area contributed by atoms with Crippen molar-refractivity contribution in [3.8, 4) is 11.8 Å². The molecule has 1 aromatic rings. The predicted octanol–water partition coefficient (Wildman–Crippen LogP) is 2.28. The highest BCUT2D eigenvalue weighted by Gasteiger charge is 1.98. The van der Waals surface area contributed by atoms with Crippen LogP contribution in [0.3, 0.4) is 0 Å². The molecule has 0 N–H and O–H groups in total. The van der Waals surface area contributed by atoms with Crippen molar-refractivity contribution in [3.05, 3.63) is 28.7 Å². The number of hydrogen-bond acceptors (Lipinski definition) is 3. The number of benzene rings is 1. The van der Waals surface area contributed by atoms with Gasteiger partial charge in [-0.1, -0.05) is 22.0 Å². The smallest absolute Gasteiger partial charge is 0.120 e. The Morgan fingerprint density at radius 1 is 1.53 bits per heavy atom. The zero-order valence-electron chi connectivity index (χ0n) is 8.61. The van der Waals surface area contributed by atoms with E-state index in [2.05, 4.69) is 22.0 Å². The molecule has 0 radical (unpaired) electrons. The second kappa shape index (κ2) is 6.44. The molecule has 0 spiro atoms. The Kier molecular flexibility index (Phi) is 5.16. The quantitative estimate of drug-likeness (QED) is 0.769. The van der Waals surface area contributed by atoms with Crippen LogP contribution in [0.2, 0.25) is 0 Å². The summed E-state index contributed by atoms with van der Waals surface area (Å²) in [7, 11) is 1.90. The molecule has 1 rings (SSSR count). The Hall–Kier alpha value is -1.05. The molecule has 0 atom stereocenters. The first-order chi connectivity index (χ1) is 7.22. The lowest BCUT2D eigenvalue weighted by molar-refractivity contribution is 0.251. The normalized spacial score (nSPS) is 10.0. The number of rotatable bonds is 5. The van der Waals surface area contributed by atoms with Gasteiger partial charge in [0.1, 0.15) is 12.4 Å². The fourth-order valence-electron chi connectivity index (χ4n) is 1.08. The summed E-state index contributed by atoms with van der Waals surface area (Å²) in [5, 5.41) is 8.45. The van der Waals surface area contributed by atoms with E-state index in [9.17, 15) is 0 Å². The number of hydrogen-bond donors (Lipinski definition) is 0. The van der Waals surface area contributed by atoms with E-state index in [1.54, 1.807) is 0 Å². The van der Waals surface area contributed by atoms with Crippen molar-refractivity contribution < 1.29 is 4.74 Å². The predicted molar refractivity (Wildman–Crippen MR) is 62.7 cm³/mol. The van der Waals surface area contributed by atoms with Crippen molar-refractivity contribution in [3.63, 3.8) is 0 Å². The third kappa shape index (κ3) is 4.82. The van der Waals surface area contributed by atoms with Gasteiger partial charge in [-0.15, -0.1) is 0 Å². The number of ether oxygens (including phenoxy) is 1. The van der Waals surface area contributed by atoms with E-state index in [0.717, 1.165) is 16.8 Å². The first-order valence-electron chi connectivity index (χ1n) is 4.66. The summed E-state index contributed by atoms with van der Waals surface area (Å²) in [6, 6.07) is 9.80. The lowest BCUT2D eigenvalue weighted by Gasteiger charge is -2.13. The van der Waals surface area contributed by atoms with Gasteiger partial charge in [0.05, 0.1) is 12.6 Å². The number of likely N-dealkylation sites (N-methyl/N-ethyl adjacent to an activating group) is 1. The molecule has 0 aliphatic rings. The molecule has 0 aliphatic heterocycles. The Morgan fingerprint density at radius 2 is 2.33 bits per heavy atom. The molecule has 0 bridgehead atoms. The molecule has 4 heteroatoms. The fourth-order valence-corrected chi connectivity index (χ4v) is 1.45. The molecule has 3 nitrogen and oxygen atoms in total. The second-order valence-electron chi connectivity index (χ2n) is 3.20. The third-order valence-electron chi connectivity index (χ3n) is 1.88. The lowest BCUT2D eigenvalue weighted by Crippen LogP contribution is -2.24. The SMILES string of the molecule is CN(CC#N)CCOc1cccc(Br)c1. The van der Waals surface area contributed by atoms with E-state index in [4.69, 9.17) is 10.00 Å². The fraction of sp³-hybridized carbons (Fsp3) is 0.364. The Bertz CT molecular complexity index is 349. The van der Waals surface area contributed by atoms with Crippen molar-refractivity contribution >= 4 is 15.9 Å². The van der Waals surface area contributed by atoms with Gasteiger partial charge in [-0.25, -0.2) is 0 Å². The summed E-state index contributed by atoms with van der Waals surface area (Å²) in [4.78, 5) is 1.91. The maximum atomic E-state index is 8.45. The zero-order valence-corrected chi connectivity index (χ0v) is 10.2. The summed E-state index contributed by atoms with van der Waals surface area (Å²) >= 11 is 3.37. The van der Waals surface area contributed by atoms with Crippen LogP contribution in [0.4, 0.5) is 0 Å². The average Bonchev–Trinajstić information content (AvgIpc) is 2.18. The van der Waals surface area contributed by atoms with Crippen LogP contribution in [-0.2, 0) is 0 Å². The second-order valence-corrected chi connectivity index (χ2v) is 4.12. The molecular weight excluding hydrogens is 256 g/mol. The molecule has 0 heterocycles. The van der Waals surface area contributed by atoms with Gasteiger partial charge in [-0.05, 0) is 25.2 Å². The zero-order chi connectivity index (χ0) is 11.1. The van der Waals surface area contributed by atoms with Crippen LogP contribution in [0.15, 0.2) is 28.7 Å². The van der Waals surface area contributed by atoms with E-state index in [-0.39, 0.29) is 0 Å². The minimum absolute atomic E-state index is 0.432. The van der Waals surface area contributed by atoms with E-state index in [1.165, 1.54) is 0 Å². The van der Waals surface area contributed by atoms with Gasteiger partial charge < -0.3 is 4.74 Å². The highest BCUT2D eigenvalue weighted by Crippen LogP contribution is 2.17. The van der Waals surface area contributed by atoms with Gasteiger partial charge in [-0.2, -0.15) is 5.26 Å². The topological polar surface area (TPSA) is 36.3 Å². The van der Waals surface area contributed by atoms with Crippen molar-refractivity contribution in [2.75, 3.05) is 26.7 Å². The Morgan fingerprint density at radius 3 is 3.00 bits per heavy atom. The van der Waals surface area contributed by atoms with Crippen LogP contribution >= 0.6 is 15.9 Å². The molecule has 1 aromatic carbocycles. The molecule has 0 unspecified atom stereocenters. The summed E-state index contributed by atoms with van der Waals surface area (Å²) < 4.78 is 6.53. The molecule has 0 saturated carbocycles. The molecule has 0 aromatic heterocycles. The van der Waals surface area contributed by atoms with Crippen LogP contribution < -0.4 is 4.74 Å². The molecule has 0 amide bonds. The van der Waals surface area contributed by atoms with Gasteiger partial charge in [0.2, 0.25) is 0 Å². The molecule has 15 heavy (non-hydrogen) atoms. The standard InChI is InChI=1S/C11H13BrN2O/c1-14(6-5-13)7-8-15-11-4-2-3-10(12)9-11/h2-4,9H,6-8H2,1H3. The summed E-state index contributed by atoms with van der Waals surface area (Å²) in [6.45, 7) is 1.77. The van der Waals surface area contributed by atoms with Gasteiger partial charge >= 0.3 is 0 Å². The first-order valence-corrected chi connectivity index (χ1v) is 5.45. The number of nitriles is 1. The van der Waals surface area contributed by atoms with Crippen LogP contribution in [0, 0.1) is 11.3 Å². The Balaban J connectivity index is 2.29. The van der Waals surface area contributed by atoms with E-state index in [1.807, 2.05) is 36.2 Å². The largest absolute Gasteiger partial charge is 0.492 e. The minimum Gasteiger partial charge on any atom is -0.492 e. The monoisotopic (exact) mass is 268 g/mol. The van der Waals surface area contributed by atoms with Crippen molar-refractivity contribution in [1.29, 1.82) is 5.26 Å². The molecule has 0 fully saturated rings. The van der Waals surface area contributed by atoms with Crippen molar-refractivity contribution in [1.82, 2.24) is 4.90 Å². The van der Waals surface area contributed by atoms with Gasteiger partial charge in [0.15, 0.2) is 0 Å². The minimum atomic E-state index is 0.432. The molecule has 80 valence electrons. The van der Waals surface area contributed by atoms with Crippen molar-refractivity contribution in [2.45, 2.75) is 0 Å². The van der Waals surface area contributed by atoms with Crippen LogP contribution in [-0.4, -0.2) is 31.6 Å². The molecular formula is C11H13BrN2O. The first kappa shape index (κ1) is 12.0. The average molecular weight is 269 g/mol. The molecule has 0 aliphatic carbocycles. The maximum absolute atomic E-state index is 8.45. The van der Waals surface area contributed by atoms with Crippen LogP contribution in [0.25, 0.3) is 0 Å². The molecule has 0 saturated heterocycles.